The highest BCUT2D eigenvalue weighted by molar-refractivity contribution is 5.95. The number of hydrogen-bond donors (Lipinski definition) is 2. The molecule has 3 aromatic rings. The van der Waals surface area contributed by atoms with E-state index in [0.29, 0.717) is 12.0 Å². The van der Waals surface area contributed by atoms with E-state index in [1.54, 1.807) is 12.3 Å². The number of benzene rings is 2. The van der Waals surface area contributed by atoms with Gasteiger partial charge in [0.1, 0.15) is 6.10 Å². The lowest BCUT2D eigenvalue weighted by Gasteiger charge is -2.20. The molecule has 0 aliphatic carbocycles. The van der Waals surface area contributed by atoms with Crippen LogP contribution in [0.4, 0.5) is 0 Å². The molecule has 2 aromatic carbocycles. The molecule has 4 nitrogen and oxygen atoms in total. The minimum Gasteiger partial charge on any atom is -0.384 e. The van der Waals surface area contributed by atoms with Gasteiger partial charge in [0.25, 0.3) is 0 Å². The van der Waals surface area contributed by atoms with Gasteiger partial charge in [-0.05, 0) is 41.7 Å². The van der Waals surface area contributed by atoms with Gasteiger partial charge in [-0.3, -0.25) is 9.78 Å². The standard InChI is InChI=1S/C21H22N2O2/c1-3-14-15(4-2)17(21(22)25)11-10-16(14)20(24)18-9-5-7-13-8-6-12-23-19(13)18/h5-12,20,24H,3-4H2,1-2H3,(H2,22,25). The molecular formula is C21H22N2O2. The van der Waals surface area contributed by atoms with E-state index in [9.17, 15) is 9.90 Å². The number of rotatable bonds is 5. The Hall–Kier alpha value is -2.72. The monoisotopic (exact) mass is 334 g/mol. The van der Waals surface area contributed by atoms with Crippen molar-refractivity contribution in [1.29, 1.82) is 0 Å². The average Bonchev–Trinajstić information content (AvgIpc) is 2.65. The van der Waals surface area contributed by atoms with E-state index in [4.69, 9.17) is 5.73 Å². The van der Waals surface area contributed by atoms with Gasteiger partial charge < -0.3 is 10.8 Å². The first kappa shape index (κ1) is 17.1. The predicted molar refractivity (Wildman–Crippen MR) is 99.5 cm³/mol. The molecule has 1 unspecified atom stereocenters. The molecule has 3 rings (SSSR count). The second-order valence-electron chi connectivity index (χ2n) is 6.06. The minimum absolute atomic E-state index is 0.431. The van der Waals surface area contributed by atoms with Crippen LogP contribution in [0.1, 0.15) is 52.6 Å². The number of aromatic nitrogens is 1. The van der Waals surface area contributed by atoms with Crippen LogP contribution >= 0.6 is 0 Å². The summed E-state index contributed by atoms with van der Waals surface area (Å²) in [7, 11) is 0. The number of fused-ring (bicyclic) bond motifs is 1. The average molecular weight is 334 g/mol. The van der Waals surface area contributed by atoms with Crippen molar-refractivity contribution in [2.45, 2.75) is 32.8 Å². The van der Waals surface area contributed by atoms with Crippen molar-refractivity contribution >= 4 is 16.8 Å². The lowest BCUT2D eigenvalue weighted by molar-refractivity contribution is 0.0999. The molecule has 3 N–H and O–H groups in total. The van der Waals surface area contributed by atoms with Gasteiger partial charge >= 0.3 is 0 Å². The highest BCUT2D eigenvalue weighted by atomic mass is 16.3. The molecule has 0 aliphatic rings. The molecule has 1 atom stereocenters. The molecule has 0 bridgehead atoms. The topological polar surface area (TPSA) is 76.2 Å². The number of hydrogen-bond acceptors (Lipinski definition) is 3. The maximum Gasteiger partial charge on any atom is 0.248 e. The van der Waals surface area contributed by atoms with Crippen molar-refractivity contribution in [1.82, 2.24) is 4.98 Å². The molecule has 0 aliphatic heterocycles. The zero-order chi connectivity index (χ0) is 18.0. The predicted octanol–water partition coefficient (Wildman–Crippen LogP) is 3.54. The van der Waals surface area contributed by atoms with Crippen LogP contribution in [0, 0.1) is 0 Å². The maximum atomic E-state index is 11.7. The van der Waals surface area contributed by atoms with Gasteiger partial charge in [-0.15, -0.1) is 0 Å². The molecule has 1 heterocycles. The largest absolute Gasteiger partial charge is 0.384 e. The quantitative estimate of drug-likeness (QED) is 0.749. The van der Waals surface area contributed by atoms with Gasteiger partial charge in [0.2, 0.25) is 5.91 Å². The number of primary amides is 1. The first-order valence-electron chi connectivity index (χ1n) is 8.54. The number of nitrogens with two attached hydrogens (primary N) is 1. The summed E-state index contributed by atoms with van der Waals surface area (Å²) >= 11 is 0. The normalized spacial score (nSPS) is 12.3. The molecule has 0 fully saturated rings. The van der Waals surface area contributed by atoms with Crippen LogP contribution in [-0.2, 0) is 12.8 Å². The number of carbonyl (C=O) groups excluding carboxylic acids is 1. The van der Waals surface area contributed by atoms with Crippen molar-refractivity contribution < 1.29 is 9.90 Å². The van der Waals surface area contributed by atoms with E-state index in [0.717, 1.165) is 39.6 Å². The van der Waals surface area contributed by atoms with Crippen LogP contribution in [0.5, 0.6) is 0 Å². The van der Waals surface area contributed by atoms with Crippen LogP contribution in [0.2, 0.25) is 0 Å². The van der Waals surface area contributed by atoms with Gasteiger partial charge in [0, 0.05) is 22.7 Å². The third-order valence-electron chi connectivity index (χ3n) is 4.69. The Morgan fingerprint density at radius 2 is 1.76 bits per heavy atom. The van der Waals surface area contributed by atoms with E-state index in [1.165, 1.54) is 0 Å². The lowest BCUT2D eigenvalue weighted by atomic mass is 9.87. The van der Waals surface area contributed by atoms with Crippen LogP contribution in [0.15, 0.2) is 48.7 Å². The third-order valence-corrected chi connectivity index (χ3v) is 4.69. The SMILES string of the molecule is CCc1c(C(N)=O)ccc(C(O)c2cccc3cccnc23)c1CC. The Labute approximate surface area is 147 Å². The number of aliphatic hydroxyl groups excluding tert-OH is 1. The van der Waals surface area contributed by atoms with E-state index >= 15 is 0 Å². The van der Waals surface area contributed by atoms with Crippen LogP contribution in [-0.4, -0.2) is 16.0 Å². The van der Waals surface area contributed by atoms with Crippen molar-refractivity contribution in [3.8, 4) is 0 Å². The molecule has 0 saturated carbocycles. The minimum atomic E-state index is -0.805. The molecule has 128 valence electrons. The summed E-state index contributed by atoms with van der Waals surface area (Å²) in [5, 5.41) is 12.1. The van der Waals surface area contributed by atoms with E-state index < -0.39 is 12.0 Å². The van der Waals surface area contributed by atoms with Gasteiger partial charge in [0.05, 0.1) is 5.52 Å². The molecule has 0 spiro atoms. The summed E-state index contributed by atoms with van der Waals surface area (Å²) in [5.74, 6) is -0.431. The van der Waals surface area contributed by atoms with Crippen molar-refractivity contribution in [2.24, 2.45) is 5.73 Å². The summed E-state index contributed by atoms with van der Waals surface area (Å²) in [6.45, 7) is 4.02. The number of carbonyl (C=O) groups is 1. The summed E-state index contributed by atoms with van der Waals surface area (Å²) < 4.78 is 0. The summed E-state index contributed by atoms with van der Waals surface area (Å²) in [6.07, 6.45) is 2.33. The number of nitrogens with zero attached hydrogens (tertiary/aromatic N) is 1. The number of amides is 1. The molecule has 0 radical (unpaired) electrons. The molecule has 1 amide bonds. The zero-order valence-corrected chi connectivity index (χ0v) is 14.5. The second kappa shape index (κ2) is 7.03. The van der Waals surface area contributed by atoms with Crippen LogP contribution in [0.25, 0.3) is 10.9 Å². The fourth-order valence-electron chi connectivity index (χ4n) is 3.54. The maximum absolute atomic E-state index is 11.7. The van der Waals surface area contributed by atoms with E-state index in [1.807, 2.05) is 50.2 Å². The van der Waals surface area contributed by atoms with Crippen LogP contribution < -0.4 is 5.73 Å². The lowest BCUT2D eigenvalue weighted by Crippen LogP contribution is -2.17. The van der Waals surface area contributed by atoms with E-state index in [-0.39, 0.29) is 0 Å². The summed E-state index contributed by atoms with van der Waals surface area (Å²) in [4.78, 5) is 16.2. The molecular weight excluding hydrogens is 312 g/mol. The van der Waals surface area contributed by atoms with Crippen molar-refractivity contribution in [3.63, 3.8) is 0 Å². The van der Waals surface area contributed by atoms with E-state index in [2.05, 4.69) is 4.98 Å². The first-order valence-corrected chi connectivity index (χ1v) is 8.54. The Balaban J connectivity index is 2.20. The summed E-state index contributed by atoms with van der Waals surface area (Å²) in [5.41, 5.74) is 10.3. The number of pyridine rings is 1. The van der Waals surface area contributed by atoms with Crippen molar-refractivity contribution in [3.05, 3.63) is 76.5 Å². The van der Waals surface area contributed by atoms with Crippen LogP contribution in [0.3, 0.4) is 0 Å². The highest BCUT2D eigenvalue weighted by Gasteiger charge is 2.21. The fourth-order valence-corrected chi connectivity index (χ4v) is 3.54. The van der Waals surface area contributed by atoms with Crippen molar-refractivity contribution in [2.75, 3.05) is 0 Å². The molecule has 1 aromatic heterocycles. The van der Waals surface area contributed by atoms with Gasteiger partial charge in [0.15, 0.2) is 0 Å². The molecule has 4 heteroatoms. The second-order valence-corrected chi connectivity index (χ2v) is 6.06. The Bertz CT molecular complexity index is 929. The van der Waals surface area contributed by atoms with Gasteiger partial charge in [-0.2, -0.15) is 0 Å². The zero-order valence-electron chi connectivity index (χ0n) is 14.5. The third kappa shape index (κ3) is 3.01. The number of para-hydroxylation sites is 1. The van der Waals surface area contributed by atoms with Gasteiger partial charge in [-0.25, -0.2) is 0 Å². The Morgan fingerprint density at radius 3 is 2.44 bits per heavy atom. The smallest absolute Gasteiger partial charge is 0.248 e. The Kier molecular flexibility index (Phi) is 4.81. The Morgan fingerprint density at radius 1 is 1.04 bits per heavy atom. The molecule has 0 saturated heterocycles. The fraction of sp³-hybridized carbons (Fsp3) is 0.238. The highest BCUT2D eigenvalue weighted by Crippen LogP contribution is 2.32. The van der Waals surface area contributed by atoms with Gasteiger partial charge in [-0.1, -0.05) is 44.2 Å². The number of aliphatic hydroxyl groups is 1. The molecule has 25 heavy (non-hydrogen) atoms. The first-order chi connectivity index (χ1) is 12.1. The summed E-state index contributed by atoms with van der Waals surface area (Å²) in [6, 6.07) is 13.2.